The Labute approximate surface area is 259 Å². The zero-order valence-corrected chi connectivity index (χ0v) is 25.0. The molecule has 2 aromatic carbocycles. The van der Waals surface area contributed by atoms with Gasteiger partial charge in [0.15, 0.2) is 5.82 Å². The summed E-state index contributed by atoms with van der Waals surface area (Å²) in [6.45, 7) is 9.17. The second-order valence-corrected chi connectivity index (χ2v) is 13.5. The number of piperidine rings is 2. The van der Waals surface area contributed by atoms with Gasteiger partial charge in [-0.05, 0) is 68.0 Å². The van der Waals surface area contributed by atoms with Gasteiger partial charge in [-0.25, -0.2) is 8.78 Å². The molecule has 4 aromatic rings. The van der Waals surface area contributed by atoms with Crippen molar-refractivity contribution in [2.45, 2.75) is 43.7 Å². The van der Waals surface area contributed by atoms with Crippen LogP contribution in [0.25, 0.3) is 32.9 Å². The van der Waals surface area contributed by atoms with Gasteiger partial charge in [-0.15, -0.1) is 6.42 Å². The number of benzene rings is 2. The molecule has 2 aromatic heterocycles. The van der Waals surface area contributed by atoms with Crippen LogP contribution in [0.4, 0.5) is 14.6 Å². The van der Waals surface area contributed by atoms with Crippen LogP contribution in [-0.2, 0) is 0 Å². The largest absolute Gasteiger partial charge is 0.508 e. The normalized spacial score (nSPS) is 27.5. The third kappa shape index (κ3) is 4.43. The second-order valence-electron chi connectivity index (χ2n) is 13.5. The van der Waals surface area contributed by atoms with Crippen molar-refractivity contribution >= 4 is 27.5 Å². The minimum Gasteiger partial charge on any atom is -0.508 e. The number of phenols is 1. The summed E-state index contributed by atoms with van der Waals surface area (Å²) in [5, 5.41) is 22.5. The highest BCUT2D eigenvalue weighted by molar-refractivity contribution is 6.03. The molecule has 8 rings (SSSR count). The Hall–Kier alpha value is -4.33. The van der Waals surface area contributed by atoms with Gasteiger partial charge in [0, 0.05) is 43.3 Å². The number of halogens is 2. The van der Waals surface area contributed by atoms with Gasteiger partial charge in [-0.2, -0.15) is 9.97 Å². The number of hydrogen-bond donors (Lipinski definition) is 2. The number of ether oxygens (including phenoxy) is 1. The lowest BCUT2D eigenvalue weighted by Crippen LogP contribution is -2.47. The van der Waals surface area contributed by atoms with E-state index in [2.05, 4.69) is 27.4 Å². The maximum absolute atomic E-state index is 16.8. The molecule has 0 spiro atoms. The van der Waals surface area contributed by atoms with E-state index in [-0.39, 0.29) is 45.0 Å². The summed E-state index contributed by atoms with van der Waals surface area (Å²) in [5.74, 6) is 2.44. The van der Waals surface area contributed by atoms with Gasteiger partial charge in [-0.1, -0.05) is 24.1 Å². The fourth-order valence-electron chi connectivity index (χ4n) is 8.14. The predicted octanol–water partition coefficient (Wildman–Crippen LogP) is 5.19. The number of terminal acetylenes is 1. The Morgan fingerprint density at radius 1 is 1.24 bits per heavy atom. The van der Waals surface area contributed by atoms with E-state index in [0.29, 0.717) is 54.5 Å². The van der Waals surface area contributed by atoms with Gasteiger partial charge in [0.25, 0.3) is 0 Å². The molecule has 0 unspecified atom stereocenters. The molecule has 4 fully saturated rings. The van der Waals surface area contributed by atoms with E-state index in [9.17, 15) is 14.6 Å². The van der Waals surface area contributed by atoms with Crippen molar-refractivity contribution in [2.75, 3.05) is 37.7 Å². The molecule has 0 amide bonds. The highest BCUT2D eigenvalue weighted by Crippen LogP contribution is 2.60. The van der Waals surface area contributed by atoms with Crippen LogP contribution < -0.4 is 9.64 Å². The molecule has 1 aliphatic carbocycles. The van der Waals surface area contributed by atoms with Crippen molar-refractivity contribution < 1.29 is 23.7 Å². The molecule has 3 aliphatic heterocycles. The zero-order chi connectivity index (χ0) is 31.2. The van der Waals surface area contributed by atoms with E-state index in [0.717, 1.165) is 25.9 Å². The van der Waals surface area contributed by atoms with Gasteiger partial charge < -0.3 is 19.8 Å². The first kappa shape index (κ1) is 28.2. The Bertz CT molecular complexity index is 1970. The third-order valence-corrected chi connectivity index (χ3v) is 10.2. The van der Waals surface area contributed by atoms with Crippen LogP contribution in [0, 0.1) is 35.8 Å². The summed E-state index contributed by atoms with van der Waals surface area (Å²) in [6, 6.07) is 5.51. The summed E-state index contributed by atoms with van der Waals surface area (Å²) >= 11 is 0. The smallest absolute Gasteiger partial charge is 0.319 e. The van der Waals surface area contributed by atoms with E-state index < -0.39 is 17.2 Å². The molecule has 10 heteroatoms. The maximum Gasteiger partial charge on any atom is 0.319 e. The summed E-state index contributed by atoms with van der Waals surface area (Å²) in [7, 11) is 0. The monoisotopic (exact) mass is 609 g/mol. The molecule has 4 aliphatic rings. The standard InChI is InChI=1S/C35H33F2N5O3/c1-4-23-27(36)7-6-20-10-22(43)12-24(28(20)23)30-29(37)31-25(14-38-30)32(41-9-5-8-34(3,44)17-41)40-33(39-31)45-18-35-13-19(2)15-42(35)16-21-11-26(21)35/h1,6-7,10,12,14,21,26,43-44H,2,5,8-9,11,13,15-18H2,3H3/t21-,26-,34-,35-/m1/s1. The minimum absolute atomic E-state index is 0.0266. The number of pyridine rings is 1. The average Bonchev–Trinajstić information content (AvgIpc) is 3.61. The van der Waals surface area contributed by atoms with Crippen LogP contribution in [0.2, 0.25) is 0 Å². The maximum atomic E-state index is 16.8. The van der Waals surface area contributed by atoms with Crippen molar-refractivity contribution in [1.82, 2.24) is 19.9 Å². The Morgan fingerprint density at radius 3 is 2.89 bits per heavy atom. The fraction of sp³-hybridized carbons (Fsp3) is 0.400. The number of aromatic hydroxyl groups is 1. The summed E-state index contributed by atoms with van der Waals surface area (Å²) in [4.78, 5) is 18.2. The molecule has 230 valence electrons. The van der Waals surface area contributed by atoms with Gasteiger partial charge in [0.05, 0.1) is 22.1 Å². The van der Waals surface area contributed by atoms with E-state index in [4.69, 9.17) is 16.1 Å². The minimum atomic E-state index is -0.951. The second kappa shape index (κ2) is 9.83. The SMILES string of the molecule is C#Cc1c(F)ccc2cc(O)cc(-c3ncc4c(N5CCC[C@@](C)(O)C5)nc(OC[C@@]56CC(=C)CN5C[C@H]5C[C@H]56)nc4c3F)c12. The molecule has 8 nitrogen and oxygen atoms in total. The summed E-state index contributed by atoms with van der Waals surface area (Å²) in [6.07, 6.45) is 10.5. The number of rotatable bonds is 5. The van der Waals surface area contributed by atoms with Gasteiger partial charge in [0.2, 0.25) is 0 Å². The van der Waals surface area contributed by atoms with E-state index in [1.807, 2.05) is 4.90 Å². The van der Waals surface area contributed by atoms with Crippen LogP contribution in [0.5, 0.6) is 11.8 Å². The number of aliphatic hydroxyl groups is 1. The van der Waals surface area contributed by atoms with Gasteiger partial charge >= 0.3 is 6.01 Å². The molecule has 0 bridgehead atoms. The van der Waals surface area contributed by atoms with Crippen LogP contribution >= 0.6 is 0 Å². The number of hydrogen-bond acceptors (Lipinski definition) is 8. The third-order valence-electron chi connectivity index (χ3n) is 10.2. The zero-order valence-electron chi connectivity index (χ0n) is 25.0. The van der Waals surface area contributed by atoms with E-state index in [1.54, 1.807) is 6.92 Å². The number of anilines is 1. The highest BCUT2D eigenvalue weighted by atomic mass is 19.1. The van der Waals surface area contributed by atoms with Crippen LogP contribution in [0.1, 0.15) is 38.2 Å². The fourth-order valence-corrected chi connectivity index (χ4v) is 8.14. The van der Waals surface area contributed by atoms with Crippen LogP contribution in [-0.4, -0.2) is 74.0 Å². The Morgan fingerprint density at radius 2 is 2.09 bits per heavy atom. The molecule has 2 N–H and O–H groups in total. The molecule has 4 atom stereocenters. The number of phenolic OH excluding ortho intramolecular Hbond substituents is 1. The van der Waals surface area contributed by atoms with Gasteiger partial charge in [0.1, 0.15) is 35.2 Å². The first-order valence-corrected chi connectivity index (χ1v) is 15.4. The van der Waals surface area contributed by atoms with Crippen molar-refractivity contribution in [1.29, 1.82) is 0 Å². The molecule has 45 heavy (non-hydrogen) atoms. The van der Waals surface area contributed by atoms with Crippen molar-refractivity contribution in [3.63, 3.8) is 0 Å². The molecular formula is C35H33F2N5O3. The first-order chi connectivity index (χ1) is 21.6. The molecular weight excluding hydrogens is 576 g/mol. The number of aromatic nitrogens is 3. The van der Waals surface area contributed by atoms with E-state index in [1.165, 1.54) is 42.5 Å². The summed E-state index contributed by atoms with van der Waals surface area (Å²) < 4.78 is 38.0. The van der Waals surface area contributed by atoms with Crippen molar-refractivity contribution in [3.8, 4) is 35.4 Å². The molecule has 3 saturated heterocycles. The number of fused-ring (bicyclic) bond motifs is 5. The Balaban J connectivity index is 1.28. The predicted molar refractivity (Wildman–Crippen MR) is 167 cm³/mol. The molecule has 0 radical (unpaired) electrons. The molecule has 1 saturated carbocycles. The highest BCUT2D eigenvalue weighted by Gasteiger charge is 2.64. The Kier molecular flexibility index (Phi) is 6.15. The number of nitrogens with zero attached hydrogens (tertiary/aromatic N) is 5. The molecule has 5 heterocycles. The topological polar surface area (TPSA) is 94.8 Å². The van der Waals surface area contributed by atoms with Crippen molar-refractivity contribution in [2.24, 2.45) is 11.8 Å². The summed E-state index contributed by atoms with van der Waals surface area (Å²) in [5.41, 5.74) is -0.00179. The van der Waals surface area contributed by atoms with Gasteiger partial charge in [-0.3, -0.25) is 9.88 Å². The lowest BCUT2D eigenvalue weighted by molar-refractivity contribution is 0.0446. The van der Waals surface area contributed by atoms with Crippen molar-refractivity contribution in [3.05, 3.63) is 59.8 Å². The van der Waals surface area contributed by atoms with E-state index >= 15 is 4.39 Å². The first-order valence-electron chi connectivity index (χ1n) is 15.4. The average molecular weight is 610 g/mol. The van der Waals surface area contributed by atoms with Crippen LogP contribution in [0.15, 0.2) is 42.6 Å². The number of β-amino-alcohol motifs (C(OH)–C–C–N with tert-alkyl or cyclic N) is 1. The van der Waals surface area contributed by atoms with Crippen LogP contribution in [0.3, 0.4) is 0 Å². The lowest BCUT2D eigenvalue weighted by atomic mass is 9.91. The lowest BCUT2D eigenvalue weighted by Gasteiger charge is -2.38. The quantitative estimate of drug-likeness (QED) is 0.236.